The van der Waals surface area contributed by atoms with E-state index in [1.807, 2.05) is 17.9 Å². The molecule has 5 rings (SSSR count). The summed E-state index contributed by atoms with van der Waals surface area (Å²) in [7, 11) is 1.51. The number of anilines is 2. The molecule has 1 atom stereocenters. The molecule has 0 bridgehead atoms. The molecule has 1 saturated heterocycles. The molecule has 1 aromatic carbocycles. The van der Waals surface area contributed by atoms with Crippen molar-refractivity contribution in [1.29, 1.82) is 0 Å². The zero-order valence-corrected chi connectivity index (χ0v) is 24.7. The summed E-state index contributed by atoms with van der Waals surface area (Å²) in [6, 6.07) is 6.64. The fourth-order valence-corrected chi connectivity index (χ4v) is 5.00. The Hall–Kier alpha value is -4.39. The molecule has 11 nitrogen and oxygen atoms in total. The summed E-state index contributed by atoms with van der Waals surface area (Å²) in [5, 5.41) is 9.44. The van der Waals surface area contributed by atoms with Gasteiger partial charge in [0.05, 0.1) is 16.8 Å². The molecular weight excluding hydrogens is 557 g/mol. The van der Waals surface area contributed by atoms with E-state index in [1.54, 1.807) is 25.4 Å². The predicted octanol–water partition coefficient (Wildman–Crippen LogP) is 3.73. The zero-order chi connectivity index (χ0) is 28.9. The van der Waals surface area contributed by atoms with Gasteiger partial charge >= 0.3 is 0 Å². The minimum absolute atomic E-state index is 0. The molecule has 0 saturated carbocycles. The number of nitrogens with one attached hydrogen (secondary N) is 3. The van der Waals surface area contributed by atoms with E-state index in [9.17, 15) is 14.0 Å². The van der Waals surface area contributed by atoms with Gasteiger partial charge in [-0.05, 0) is 30.5 Å². The lowest BCUT2D eigenvalue weighted by Crippen LogP contribution is -2.41. The number of piperidine rings is 1. The fourth-order valence-electron chi connectivity index (χ4n) is 5.00. The van der Waals surface area contributed by atoms with Crippen molar-refractivity contribution in [1.82, 2.24) is 35.1 Å². The smallest absolute Gasteiger partial charge is 0.251 e. The number of carbonyl (C=O) groups excluding carboxylic acids is 2. The average molecular weight is 592 g/mol. The molecule has 1 aliphatic rings. The summed E-state index contributed by atoms with van der Waals surface area (Å²) in [4.78, 5) is 47.7. The molecule has 0 unspecified atom stereocenters. The summed E-state index contributed by atoms with van der Waals surface area (Å²) in [5.41, 5.74) is 2.94. The first-order chi connectivity index (χ1) is 19.8. The SMILES string of the molecule is CNC(=O)c1ccnc2c([C@H](C)CNc3cc(-c4cnc(NC5CCN(C(C)=O)CC5)nc4)ncn3)ccc(F)c12.S. The van der Waals surface area contributed by atoms with Crippen LogP contribution in [0.25, 0.3) is 22.2 Å². The highest BCUT2D eigenvalue weighted by molar-refractivity contribution is 7.59. The Bertz CT molecular complexity index is 1560. The standard InChI is InChI=1S/C29H32FN9O2.H2S/c1-17(21-4-5-23(30)26-22(28(41)31-3)6-9-32-27(21)26)13-33-25-12-24(36-16-37-25)19-14-34-29(35-15-19)38-20-7-10-39(11-8-20)18(2)40;/h4-6,9,12,14-17,20H,7-8,10-11,13H2,1-3H3,(H,31,41)(H,33,36,37)(H,34,35,38);1H2/t17-;/m1./s1. The van der Waals surface area contributed by atoms with Crippen LogP contribution >= 0.6 is 13.5 Å². The van der Waals surface area contributed by atoms with Crippen LogP contribution in [0.15, 0.2) is 49.2 Å². The minimum Gasteiger partial charge on any atom is -0.369 e. The summed E-state index contributed by atoms with van der Waals surface area (Å²) < 4.78 is 14.7. The van der Waals surface area contributed by atoms with Crippen molar-refractivity contribution in [3.63, 3.8) is 0 Å². The number of nitrogens with zero attached hydrogens (tertiary/aromatic N) is 6. The number of hydrogen-bond donors (Lipinski definition) is 3. The number of rotatable bonds is 8. The van der Waals surface area contributed by atoms with Crippen LogP contribution in [0.1, 0.15) is 48.5 Å². The average Bonchev–Trinajstić information content (AvgIpc) is 3.00. The van der Waals surface area contributed by atoms with Gasteiger partial charge < -0.3 is 20.9 Å². The van der Waals surface area contributed by atoms with Gasteiger partial charge in [-0.25, -0.2) is 24.3 Å². The van der Waals surface area contributed by atoms with Crippen LogP contribution in [0.3, 0.4) is 0 Å². The third-order valence-corrected chi connectivity index (χ3v) is 7.35. The van der Waals surface area contributed by atoms with Gasteiger partial charge in [-0.15, -0.1) is 0 Å². The highest BCUT2D eigenvalue weighted by Crippen LogP contribution is 2.29. The largest absolute Gasteiger partial charge is 0.369 e. The second-order valence-electron chi connectivity index (χ2n) is 10.1. The van der Waals surface area contributed by atoms with Crippen molar-refractivity contribution in [2.24, 2.45) is 0 Å². The van der Waals surface area contributed by atoms with E-state index in [1.165, 1.54) is 31.7 Å². The van der Waals surface area contributed by atoms with Crippen molar-refractivity contribution >= 4 is 48.0 Å². The summed E-state index contributed by atoms with van der Waals surface area (Å²) >= 11 is 0. The molecule has 1 aliphatic heterocycles. The molecule has 3 aromatic heterocycles. The van der Waals surface area contributed by atoms with E-state index in [0.29, 0.717) is 29.5 Å². The van der Waals surface area contributed by atoms with E-state index in [2.05, 4.69) is 40.9 Å². The first-order valence-corrected chi connectivity index (χ1v) is 13.5. The summed E-state index contributed by atoms with van der Waals surface area (Å²) in [6.45, 7) is 5.54. The molecule has 4 aromatic rings. The van der Waals surface area contributed by atoms with E-state index in [-0.39, 0.29) is 48.2 Å². The lowest BCUT2D eigenvalue weighted by molar-refractivity contribution is -0.129. The van der Waals surface area contributed by atoms with E-state index in [4.69, 9.17) is 0 Å². The Morgan fingerprint density at radius 3 is 2.50 bits per heavy atom. The van der Waals surface area contributed by atoms with Gasteiger partial charge in [0, 0.05) is 81.2 Å². The highest BCUT2D eigenvalue weighted by atomic mass is 32.1. The van der Waals surface area contributed by atoms with Gasteiger partial charge in [-0.2, -0.15) is 13.5 Å². The molecule has 13 heteroatoms. The van der Waals surface area contributed by atoms with Gasteiger partial charge in [-0.1, -0.05) is 13.0 Å². The van der Waals surface area contributed by atoms with Gasteiger partial charge in [0.25, 0.3) is 5.91 Å². The number of halogens is 1. The van der Waals surface area contributed by atoms with Crippen LogP contribution in [-0.4, -0.2) is 74.4 Å². The van der Waals surface area contributed by atoms with Crippen molar-refractivity contribution in [2.45, 2.75) is 38.6 Å². The maximum absolute atomic E-state index is 14.7. The van der Waals surface area contributed by atoms with Crippen molar-refractivity contribution in [3.8, 4) is 11.3 Å². The Morgan fingerprint density at radius 1 is 1.07 bits per heavy atom. The van der Waals surface area contributed by atoms with Crippen molar-refractivity contribution < 1.29 is 14.0 Å². The molecule has 0 aliphatic carbocycles. The molecule has 3 N–H and O–H groups in total. The van der Waals surface area contributed by atoms with E-state index < -0.39 is 5.82 Å². The third kappa shape index (κ3) is 6.73. The Balaban J connectivity index is 0.00000405. The number of aromatic nitrogens is 5. The quantitative estimate of drug-likeness (QED) is 0.280. The molecule has 0 radical (unpaired) electrons. The summed E-state index contributed by atoms with van der Waals surface area (Å²) in [5.74, 6) is 0.339. The third-order valence-electron chi connectivity index (χ3n) is 7.35. The van der Waals surface area contributed by atoms with Crippen molar-refractivity contribution in [3.05, 3.63) is 66.1 Å². The number of hydrogen-bond acceptors (Lipinski definition) is 9. The predicted molar refractivity (Wildman–Crippen MR) is 164 cm³/mol. The molecule has 0 spiro atoms. The van der Waals surface area contributed by atoms with Gasteiger partial charge in [0.1, 0.15) is 18.0 Å². The Morgan fingerprint density at radius 2 is 1.81 bits per heavy atom. The summed E-state index contributed by atoms with van der Waals surface area (Å²) in [6.07, 6.45) is 8.13. The fraction of sp³-hybridized carbons (Fsp3) is 0.345. The minimum atomic E-state index is -0.488. The van der Waals surface area contributed by atoms with Gasteiger partial charge in [-0.3, -0.25) is 14.6 Å². The normalized spacial score (nSPS) is 14.1. The Kier molecular flexibility index (Phi) is 9.84. The molecule has 220 valence electrons. The van der Waals surface area contributed by atoms with Crippen molar-refractivity contribution in [2.75, 3.05) is 37.3 Å². The maximum Gasteiger partial charge on any atom is 0.251 e. The molecular formula is C29H34FN9O2S. The number of carbonyl (C=O) groups is 2. The van der Waals surface area contributed by atoms with E-state index >= 15 is 0 Å². The monoisotopic (exact) mass is 591 g/mol. The molecule has 1 fully saturated rings. The maximum atomic E-state index is 14.7. The van der Waals surface area contributed by atoms with E-state index in [0.717, 1.165) is 37.1 Å². The number of likely N-dealkylation sites (tertiary alicyclic amines) is 1. The molecule has 42 heavy (non-hydrogen) atoms. The topological polar surface area (TPSA) is 138 Å². The van der Waals surface area contributed by atoms with Crippen LogP contribution in [0.4, 0.5) is 16.2 Å². The van der Waals surface area contributed by atoms with Crippen LogP contribution in [0, 0.1) is 5.82 Å². The van der Waals surface area contributed by atoms with Crippen LogP contribution < -0.4 is 16.0 Å². The second-order valence-corrected chi connectivity index (χ2v) is 10.1. The highest BCUT2D eigenvalue weighted by Gasteiger charge is 2.21. The lowest BCUT2D eigenvalue weighted by Gasteiger charge is -2.31. The number of benzene rings is 1. The molecule has 4 heterocycles. The van der Waals surface area contributed by atoms with Crippen LogP contribution in [0.2, 0.25) is 0 Å². The zero-order valence-electron chi connectivity index (χ0n) is 23.7. The second kappa shape index (κ2) is 13.5. The lowest BCUT2D eigenvalue weighted by atomic mass is 9.95. The van der Waals surface area contributed by atoms with Crippen LogP contribution in [-0.2, 0) is 4.79 Å². The number of fused-ring (bicyclic) bond motifs is 1. The molecule has 2 amide bonds. The number of pyridine rings is 1. The Labute approximate surface area is 250 Å². The first kappa shape index (κ1) is 30.6. The first-order valence-electron chi connectivity index (χ1n) is 13.5. The van der Waals surface area contributed by atoms with Gasteiger partial charge in [0.2, 0.25) is 11.9 Å². The number of amides is 2. The van der Waals surface area contributed by atoms with Crippen LogP contribution in [0.5, 0.6) is 0 Å². The van der Waals surface area contributed by atoms with Gasteiger partial charge in [0.15, 0.2) is 0 Å².